The van der Waals surface area contributed by atoms with E-state index < -0.39 is 0 Å². The molecular formula is C8H11N3OS2. The number of thiazole rings is 1. The molecule has 76 valence electrons. The summed E-state index contributed by atoms with van der Waals surface area (Å²) < 4.78 is 0. The highest BCUT2D eigenvalue weighted by molar-refractivity contribution is 7.80. The third kappa shape index (κ3) is 3.80. The molecule has 1 amide bonds. The monoisotopic (exact) mass is 229 g/mol. The molecule has 0 radical (unpaired) electrons. The van der Waals surface area contributed by atoms with Crippen LogP contribution < -0.4 is 10.6 Å². The molecule has 0 aliphatic carbocycles. The Morgan fingerprint density at radius 2 is 2.50 bits per heavy atom. The van der Waals surface area contributed by atoms with Crippen LogP contribution in [0.2, 0.25) is 0 Å². The van der Waals surface area contributed by atoms with Gasteiger partial charge >= 0.3 is 0 Å². The summed E-state index contributed by atoms with van der Waals surface area (Å²) in [6, 6.07) is 0. The largest absolute Gasteiger partial charge is 0.308 e. The van der Waals surface area contributed by atoms with Crippen molar-refractivity contribution in [2.75, 3.05) is 5.32 Å². The summed E-state index contributed by atoms with van der Waals surface area (Å²) in [5, 5.41) is 8.21. The zero-order valence-corrected chi connectivity index (χ0v) is 9.37. The molecule has 0 aromatic carbocycles. The van der Waals surface area contributed by atoms with Crippen LogP contribution in [0.15, 0.2) is 11.6 Å². The van der Waals surface area contributed by atoms with Crippen molar-refractivity contribution >= 4 is 39.7 Å². The second-order valence-electron chi connectivity index (χ2n) is 2.59. The van der Waals surface area contributed by atoms with Gasteiger partial charge in [0.2, 0.25) is 5.91 Å². The van der Waals surface area contributed by atoms with Gasteiger partial charge in [0.05, 0.1) is 0 Å². The second kappa shape index (κ2) is 5.66. The SMILES string of the molecule is CCCC(=O)NC(=S)Nc1nccs1. The highest BCUT2D eigenvalue weighted by atomic mass is 32.1. The average molecular weight is 229 g/mol. The molecule has 6 heteroatoms. The van der Waals surface area contributed by atoms with Crippen LogP contribution in [-0.4, -0.2) is 16.0 Å². The number of carbonyl (C=O) groups excluding carboxylic acids is 1. The van der Waals surface area contributed by atoms with Crippen LogP contribution in [0.25, 0.3) is 0 Å². The summed E-state index contributed by atoms with van der Waals surface area (Å²) >= 11 is 6.35. The maximum absolute atomic E-state index is 11.1. The van der Waals surface area contributed by atoms with Gasteiger partial charge in [-0.3, -0.25) is 4.79 Å². The Morgan fingerprint density at radius 1 is 1.71 bits per heavy atom. The number of amides is 1. The molecule has 14 heavy (non-hydrogen) atoms. The first-order chi connectivity index (χ1) is 6.72. The van der Waals surface area contributed by atoms with Gasteiger partial charge in [0.15, 0.2) is 10.2 Å². The molecule has 4 nitrogen and oxygen atoms in total. The number of nitrogens with zero attached hydrogens (tertiary/aromatic N) is 1. The van der Waals surface area contributed by atoms with E-state index in [4.69, 9.17) is 12.2 Å². The number of anilines is 1. The molecule has 0 aliphatic rings. The Hall–Kier alpha value is -1.01. The molecule has 0 fully saturated rings. The third-order valence-corrected chi connectivity index (χ3v) is 2.28. The van der Waals surface area contributed by atoms with Gasteiger partial charge in [-0.1, -0.05) is 6.92 Å². The average Bonchev–Trinajstić information content (AvgIpc) is 2.56. The predicted molar refractivity (Wildman–Crippen MR) is 61.4 cm³/mol. The number of thiocarbonyl (C=S) groups is 1. The summed E-state index contributed by atoms with van der Waals surface area (Å²) in [5.41, 5.74) is 0. The van der Waals surface area contributed by atoms with Crippen LogP contribution in [0.4, 0.5) is 5.13 Å². The van der Waals surface area contributed by atoms with Crippen LogP contribution in [0, 0.1) is 0 Å². The van der Waals surface area contributed by atoms with Crippen LogP contribution in [0.3, 0.4) is 0 Å². The van der Waals surface area contributed by atoms with Crippen molar-refractivity contribution in [3.05, 3.63) is 11.6 Å². The molecule has 2 N–H and O–H groups in total. The molecule has 0 saturated heterocycles. The van der Waals surface area contributed by atoms with Crippen LogP contribution in [-0.2, 0) is 4.79 Å². The lowest BCUT2D eigenvalue weighted by atomic mass is 10.3. The minimum Gasteiger partial charge on any atom is -0.308 e. The van der Waals surface area contributed by atoms with Crippen molar-refractivity contribution in [2.24, 2.45) is 0 Å². The highest BCUT2D eigenvalue weighted by Gasteiger charge is 2.03. The first-order valence-electron chi connectivity index (χ1n) is 4.22. The van der Waals surface area contributed by atoms with E-state index in [0.717, 1.165) is 6.42 Å². The summed E-state index contributed by atoms with van der Waals surface area (Å²) in [6.45, 7) is 1.94. The standard InChI is InChI=1S/C8H11N3OS2/c1-2-3-6(12)10-7(13)11-8-9-4-5-14-8/h4-5H,2-3H2,1H3,(H2,9,10,11,12,13). The highest BCUT2D eigenvalue weighted by Crippen LogP contribution is 2.09. The Morgan fingerprint density at radius 3 is 3.07 bits per heavy atom. The molecule has 1 rings (SSSR count). The zero-order valence-electron chi connectivity index (χ0n) is 7.74. The zero-order chi connectivity index (χ0) is 10.4. The van der Waals surface area contributed by atoms with Gasteiger partial charge in [-0.2, -0.15) is 0 Å². The van der Waals surface area contributed by atoms with Gasteiger partial charge in [0, 0.05) is 18.0 Å². The minimum absolute atomic E-state index is 0.0680. The van der Waals surface area contributed by atoms with Crippen molar-refractivity contribution in [1.82, 2.24) is 10.3 Å². The molecule has 0 bridgehead atoms. The van der Waals surface area contributed by atoms with Gasteiger partial charge < -0.3 is 10.6 Å². The number of nitrogens with one attached hydrogen (secondary N) is 2. The van der Waals surface area contributed by atoms with Gasteiger partial charge in [0.25, 0.3) is 0 Å². The minimum atomic E-state index is -0.0680. The molecule has 0 saturated carbocycles. The summed E-state index contributed by atoms with van der Waals surface area (Å²) in [5.74, 6) is -0.0680. The number of hydrogen-bond donors (Lipinski definition) is 2. The van der Waals surface area contributed by atoms with E-state index in [0.29, 0.717) is 16.7 Å². The molecule has 0 aliphatic heterocycles. The molecule has 1 heterocycles. The van der Waals surface area contributed by atoms with Crippen molar-refractivity contribution in [3.63, 3.8) is 0 Å². The number of hydrogen-bond acceptors (Lipinski definition) is 4. The Labute approximate surface area is 91.7 Å². The normalized spacial score (nSPS) is 9.50. The fraction of sp³-hybridized carbons (Fsp3) is 0.375. The maximum Gasteiger partial charge on any atom is 0.226 e. The first kappa shape index (κ1) is 11.1. The number of carbonyl (C=O) groups is 1. The quantitative estimate of drug-likeness (QED) is 0.775. The third-order valence-electron chi connectivity index (χ3n) is 1.38. The molecule has 0 unspecified atom stereocenters. The first-order valence-corrected chi connectivity index (χ1v) is 5.51. The number of rotatable bonds is 3. The second-order valence-corrected chi connectivity index (χ2v) is 3.89. The fourth-order valence-electron chi connectivity index (χ4n) is 0.830. The fourth-order valence-corrected chi connectivity index (χ4v) is 1.64. The summed E-state index contributed by atoms with van der Waals surface area (Å²) in [4.78, 5) is 15.1. The van der Waals surface area contributed by atoms with Crippen LogP contribution in [0.5, 0.6) is 0 Å². The van der Waals surface area contributed by atoms with E-state index >= 15 is 0 Å². The molecule has 1 aromatic rings. The topological polar surface area (TPSA) is 54.0 Å². The van der Waals surface area contributed by atoms with Gasteiger partial charge in [0.1, 0.15) is 0 Å². The summed E-state index contributed by atoms with van der Waals surface area (Å²) in [7, 11) is 0. The predicted octanol–water partition coefficient (Wildman–Crippen LogP) is 1.76. The lowest BCUT2D eigenvalue weighted by Gasteiger charge is -2.05. The van der Waals surface area contributed by atoms with E-state index in [-0.39, 0.29) is 5.91 Å². The molecule has 0 spiro atoms. The van der Waals surface area contributed by atoms with Gasteiger partial charge in [-0.15, -0.1) is 11.3 Å². The van der Waals surface area contributed by atoms with E-state index in [1.165, 1.54) is 11.3 Å². The Bertz CT molecular complexity index is 310. The lowest BCUT2D eigenvalue weighted by Crippen LogP contribution is -2.33. The summed E-state index contributed by atoms with van der Waals surface area (Å²) in [6.07, 6.45) is 2.97. The van der Waals surface area contributed by atoms with Gasteiger partial charge in [-0.05, 0) is 18.6 Å². The van der Waals surface area contributed by atoms with E-state index in [9.17, 15) is 4.79 Å². The van der Waals surface area contributed by atoms with Crippen LogP contribution in [0.1, 0.15) is 19.8 Å². The smallest absolute Gasteiger partial charge is 0.226 e. The van der Waals surface area contributed by atoms with E-state index in [1.54, 1.807) is 6.20 Å². The van der Waals surface area contributed by atoms with Crippen molar-refractivity contribution in [1.29, 1.82) is 0 Å². The molecule has 0 atom stereocenters. The van der Waals surface area contributed by atoms with Crippen molar-refractivity contribution in [2.45, 2.75) is 19.8 Å². The molecular weight excluding hydrogens is 218 g/mol. The number of aromatic nitrogens is 1. The lowest BCUT2D eigenvalue weighted by molar-refractivity contribution is -0.119. The van der Waals surface area contributed by atoms with E-state index in [2.05, 4.69) is 15.6 Å². The van der Waals surface area contributed by atoms with Crippen LogP contribution >= 0.6 is 23.6 Å². The Kier molecular flexibility index (Phi) is 4.48. The maximum atomic E-state index is 11.1. The van der Waals surface area contributed by atoms with E-state index in [1.807, 2.05) is 12.3 Å². The van der Waals surface area contributed by atoms with Crippen molar-refractivity contribution in [3.8, 4) is 0 Å². The van der Waals surface area contributed by atoms with Crippen molar-refractivity contribution < 1.29 is 4.79 Å². The van der Waals surface area contributed by atoms with Gasteiger partial charge in [-0.25, -0.2) is 4.98 Å². The Balaban J connectivity index is 2.33. The molecule has 1 aromatic heterocycles.